The van der Waals surface area contributed by atoms with Crippen molar-refractivity contribution in [2.45, 2.75) is 45.8 Å². The van der Waals surface area contributed by atoms with Gasteiger partial charge in [-0.3, -0.25) is 4.79 Å². The lowest BCUT2D eigenvalue weighted by Gasteiger charge is -2.34. The Hall–Kier alpha value is -1.39. The van der Waals surface area contributed by atoms with Gasteiger partial charge in [-0.1, -0.05) is 37.3 Å². The molecule has 1 amide bonds. The van der Waals surface area contributed by atoms with Crippen molar-refractivity contribution in [3.05, 3.63) is 35.9 Å². The Morgan fingerprint density at radius 1 is 1.30 bits per heavy atom. The van der Waals surface area contributed by atoms with Gasteiger partial charge in [0.2, 0.25) is 5.91 Å². The summed E-state index contributed by atoms with van der Waals surface area (Å²) in [6.07, 6.45) is 1.88. The minimum absolute atomic E-state index is 0.0371. The van der Waals surface area contributed by atoms with Gasteiger partial charge in [0.25, 0.3) is 0 Å². The summed E-state index contributed by atoms with van der Waals surface area (Å²) in [7, 11) is 0. The molecule has 1 atom stereocenters. The van der Waals surface area contributed by atoms with Crippen LogP contribution in [0.3, 0.4) is 0 Å². The van der Waals surface area contributed by atoms with E-state index in [9.17, 15) is 9.90 Å². The van der Waals surface area contributed by atoms with Gasteiger partial charge in [0.15, 0.2) is 0 Å². The van der Waals surface area contributed by atoms with Gasteiger partial charge >= 0.3 is 0 Å². The highest BCUT2D eigenvalue weighted by molar-refractivity contribution is 5.79. The van der Waals surface area contributed by atoms with Crippen LogP contribution in [0.5, 0.6) is 0 Å². The summed E-state index contributed by atoms with van der Waals surface area (Å²) in [6, 6.07) is 9.96. The van der Waals surface area contributed by atoms with E-state index in [1.54, 1.807) is 18.7 Å². The molecule has 1 aliphatic rings. The van der Waals surface area contributed by atoms with Gasteiger partial charge in [-0.15, -0.1) is 0 Å². The number of carbonyl (C=O) groups excluding carboxylic acids is 1. The van der Waals surface area contributed by atoms with Crippen molar-refractivity contribution in [2.75, 3.05) is 19.8 Å². The van der Waals surface area contributed by atoms with E-state index in [0.29, 0.717) is 19.0 Å². The number of nitrogens with zero attached hydrogens (tertiary/aromatic N) is 1. The molecule has 23 heavy (non-hydrogen) atoms. The standard InChI is InChI=1S/C19H29NO3/c1-15(17-9-11-23-12-10-17)18(21)20(14-19(2,3)22)13-16-7-5-4-6-8-16/h4-8,15,17,22H,9-14H2,1-3H3. The number of amides is 1. The molecule has 0 radical (unpaired) electrons. The fraction of sp³-hybridized carbons (Fsp3) is 0.632. The van der Waals surface area contributed by atoms with Crippen LogP contribution in [-0.4, -0.2) is 41.3 Å². The molecule has 1 N–H and O–H groups in total. The van der Waals surface area contributed by atoms with Gasteiger partial charge in [0.1, 0.15) is 0 Å². The Morgan fingerprint density at radius 2 is 1.91 bits per heavy atom. The smallest absolute Gasteiger partial charge is 0.226 e. The van der Waals surface area contributed by atoms with Crippen LogP contribution in [0.2, 0.25) is 0 Å². The Kier molecular flexibility index (Phi) is 6.19. The quantitative estimate of drug-likeness (QED) is 0.877. The third-order valence-electron chi connectivity index (χ3n) is 4.47. The van der Waals surface area contributed by atoms with Crippen LogP contribution >= 0.6 is 0 Å². The number of hydrogen-bond acceptors (Lipinski definition) is 3. The number of ether oxygens (including phenoxy) is 1. The molecule has 128 valence electrons. The average molecular weight is 319 g/mol. The molecule has 1 aromatic rings. The van der Waals surface area contributed by atoms with Crippen molar-refractivity contribution in [1.29, 1.82) is 0 Å². The maximum atomic E-state index is 13.0. The second kappa shape index (κ2) is 7.93. The predicted molar refractivity (Wildman–Crippen MR) is 90.9 cm³/mol. The van der Waals surface area contributed by atoms with E-state index in [4.69, 9.17) is 4.74 Å². The van der Waals surface area contributed by atoms with Gasteiger partial charge in [0.05, 0.1) is 5.60 Å². The number of hydrogen-bond donors (Lipinski definition) is 1. The van der Waals surface area contributed by atoms with E-state index < -0.39 is 5.60 Å². The van der Waals surface area contributed by atoms with Crippen LogP contribution < -0.4 is 0 Å². The van der Waals surface area contributed by atoms with Crippen molar-refractivity contribution in [1.82, 2.24) is 4.90 Å². The minimum atomic E-state index is -0.903. The Bertz CT molecular complexity index is 489. The van der Waals surface area contributed by atoms with Crippen molar-refractivity contribution < 1.29 is 14.6 Å². The van der Waals surface area contributed by atoms with E-state index in [1.165, 1.54) is 0 Å². The van der Waals surface area contributed by atoms with Gasteiger partial charge < -0.3 is 14.7 Å². The minimum Gasteiger partial charge on any atom is -0.389 e. The van der Waals surface area contributed by atoms with Gasteiger partial charge in [0, 0.05) is 32.2 Å². The maximum absolute atomic E-state index is 13.0. The maximum Gasteiger partial charge on any atom is 0.226 e. The first-order valence-corrected chi connectivity index (χ1v) is 8.49. The van der Waals surface area contributed by atoms with Crippen LogP contribution in [0.15, 0.2) is 30.3 Å². The summed E-state index contributed by atoms with van der Waals surface area (Å²) >= 11 is 0. The summed E-state index contributed by atoms with van der Waals surface area (Å²) < 4.78 is 5.40. The van der Waals surface area contributed by atoms with E-state index >= 15 is 0 Å². The summed E-state index contributed by atoms with van der Waals surface area (Å²) in [5, 5.41) is 10.2. The Balaban J connectivity index is 2.09. The largest absolute Gasteiger partial charge is 0.389 e. The molecular formula is C19H29NO3. The fourth-order valence-electron chi connectivity index (χ4n) is 3.19. The molecule has 1 unspecified atom stereocenters. The lowest BCUT2D eigenvalue weighted by Crippen LogP contribution is -2.45. The molecule has 4 heteroatoms. The molecule has 1 fully saturated rings. The highest BCUT2D eigenvalue weighted by atomic mass is 16.5. The van der Waals surface area contributed by atoms with Crippen LogP contribution in [0.25, 0.3) is 0 Å². The van der Waals surface area contributed by atoms with Crippen molar-refractivity contribution >= 4 is 5.91 Å². The Morgan fingerprint density at radius 3 is 2.48 bits per heavy atom. The second-order valence-corrected chi connectivity index (χ2v) is 7.23. The summed E-state index contributed by atoms with van der Waals surface area (Å²) in [6.45, 7) is 7.87. The number of rotatable bonds is 6. The summed E-state index contributed by atoms with van der Waals surface area (Å²) in [5.41, 5.74) is 0.184. The molecule has 1 aliphatic heterocycles. The molecule has 1 heterocycles. The third-order valence-corrected chi connectivity index (χ3v) is 4.47. The molecule has 2 rings (SSSR count). The zero-order valence-electron chi connectivity index (χ0n) is 14.5. The molecule has 0 bridgehead atoms. The van der Waals surface area contributed by atoms with E-state index in [1.807, 2.05) is 37.3 Å². The lowest BCUT2D eigenvalue weighted by molar-refractivity contribution is -0.141. The van der Waals surface area contributed by atoms with Crippen molar-refractivity contribution in [2.24, 2.45) is 11.8 Å². The van der Waals surface area contributed by atoms with E-state index in [0.717, 1.165) is 31.6 Å². The molecule has 4 nitrogen and oxygen atoms in total. The summed E-state index contributed by atoms with van der Waals surface area (Å²) in [4.78, 5) is 14.8. The van der Waals surface area contributed by atoms with E-state index in [2.05, 4.69) is 0 Å². The topological polar surface area (TPSA) is 49.8 Å². The highest BCUT2D eigenvalue weighted by Gasteiger charge is 2.31. The molecule has 0 aromatic heterocycles. The molecular weight excluding hydrogens is 290 g/mol. The average Bonchev–Trinajstić information content (AvgIpc) is 2.53. The first-order chi connectivity index (χ1) is 10.9. The monoisotopic (exact) mass is 319 g/mol. The molecule has 1 saturated heterocycles. The Labute approximate surface area is 139 Å². The van der Waals surface area contributed by atoms with Gasteiger partial charge in [-0.2, -0.15) is 0 Å². The molecule has 1 aromatic carbocycles. The lowest BCUT2D eigenvalue weighted by atomic mass is 9.86. The highest BCUT2D eigenvalue weighted by Crippen LogP contribution is 2.26. The van der Waals surface area contributed by atoms with Crippen LogP contribution in [0, 0.1) is 11.8 Å². The SMILES string of the molecule is CC(C(=O)N(Cc1ccccc1)CC(C)(C)O)C1CCOCC1. The van der Waals surface area contributed by atoms with Gasteiger partial charge in [-0.05, 0) is 38.2 Å². The number of carbonyl (C=O) groups is 1. The zero-order valence-corrected chi connectivity index (χ0v) is 14.5. The normalized spacial score (nSPS) is 17.7. The van der Waals surface area contributed by atoms with Gasteiger partial charge in [-0.25, -0.2) is 0 Å². The first kappa shape index (κ1) is 18.0. The predicted octanol–water partition coefficient (Wildman–Crippen LogP) is 2.85. The van der Waals surface area contributed by atoms with Crippen LogP contribution in [0.4, 0.5) is 0 Å². The molecule has 0 spiro atoms. The first-order valence-electron chi connectivity index (χ1n) is 8.49. The molecule has 0 saturated carbocycles. The zero-order chi connectivity index (χ0) is 16.9. The number of benzene rings is 1. The molecule has 0 aliphatic carbocycles. The second-order valence-electron chi connectivity index (χ2n) is 7.23. The van der Waals surface area contributed by atoms with Crippen molar-refractivity contribution in [3.8, 4) is 0 Å². The van der Waals surface area contributed by atoms with E-state index in [-0.39, 0.29) is 11.8 Å². The van der Waals surface area contributed by atoms with Crippen molar-refractivity contribution in [3.63, 3.8) is 0 Å². The third kappa shape index (κ3) is 5.63. The van der Waals surface area contributed by atoms with Crippen LogP contribution in [-0.2, 0) is 16.1 Å². The summed E-state index contributed by atoms with van der Waals surface area (Å²) in [5.74, 6) is 0.462. The number of aliphatic hydroxyl groups is 1. The van der Waals surface area contributed by atoms with Crippen LogP contribution in [0.1, 0.15) is 39.2 Å². The fourth-order valence-corrected chi connectivity index (χ4v) is 3.19.